The molecule has 3 N–H and O–H groups in total. The number of hydrogen-bond donors (Lipinski definition) is 2. The van der Waals surface area contributed by atoms with Crippen LogP contribution in [0.5, 0.6) is 0 Å². The van der Waals surface area contributed by atoms with Gasteiger partial charge < -0.3 is 5.73 Å². The third kappa shape index (κ3) is 3.23. The molecule has 7 heteroatoms. The van der Waals surface area contributed by atoms with Crippen LogP contribution < -0.4 is 10.5 Å². The Bertz CT molecular complexity index is 675. The summed E-state index contributed by atoms with van der Waals surface area (Å²) >= 11 is 5.96. The molecule has 0 aliphatic rings. The molecule has 0 spiro atoms. The minimum atomic E-state index is -3.66. The van der Waals surface area contributed by atoms with Gasteiger partial charge in [0.25, 0.3) is 10.0 Å². The molecule has 0 atom stereocenters. The molecule has 1 aromatic carbocycles. The monoisotopic (exact) mass is 297 g/mol. The Morgan fingerprint density at radius 1 is 1.21 bits per heavy atom. The third-order valence-corrected chi connectivity index (χ3v) is 4.22. The van der Waals surface area contributed by atoms with E-state index in [9.17, 15) is 8.42 Å². The van der Waals surface area contributed by atoms with Crippen LogP contribution in [0.25, 0.3) is 0 Å². The molecule has 0 aliphatic heterocycles. The number of aromatic nitrogens is 1. The quantitative estimate of drug-likeness (QED) is 0.904. The molecule has 0 saturated heterocycles. The van der Waals surface area contributed by atoms with Crippen molar-refractivity contribution in [3.63, 3.8) is 0 Å². The molecular formula is C12H12ClN3O2S. The zero-order valence-corrected chi connectivity index (χ0v) is 11.4. The Kier molecular flexibility index (Phi) is 4.04. The Hall–Kier alpha value is -1.63. The van der Waals surface area contributed by atoms with Crippen LogP contribution in [-0.2, 0) is 16.6 Å². The highest BCUT2D eigenvalue weighted by molar-refractivity contribution is 7.92. The molecule has 0 aliphatic carbocycles. The largest absolute Gasteiger partial charge is 0.326 e. The lowest BCUT2D eigenvalue weighted by Gasteiger charge is -2.09. The molecular weight excluding hydrogens is 286 g/mol. The predicted molar refractivity (Wildman–Crippen MR) is 74.4 cm³/mol. The highest BCUT2D eigenvalue weighted by atomic mass is 35.5. The number of benzene rings is 1. The zero-order chi connectivity index (χ0) is 13.9. The van der Waals surface area contributed by atoms with Crippen LogP contribution in [0, 0.1) is 0 Å². The SMILES string of the molecule is NCc1ccc(S(=O)(=O)Nc2ccncc2)cc1Cl. The van der Waals surface area contributed by atoms with Crippen LogP contribution in [-0.4, -0.2) is 13.4 Å². The van der Waals surface area contributed by atoms with Crippen molar-refractivity contribution in [3.05, 3.63) is 53.3 Å². The molecule has 2 aromatic rings. The molecule has 0 unspecified atom stereocenters. The molecule has 100 valence electrons. The lowest BCUT2D eigenvalue weighted by atomic mass is 10.2. The summed E-state index contributed by atoms with van der Waals surface area (Å²) in [7, 11) is -3.66. The van der Waals surface area contributed by atoms with Gasteiger partial charge in [-0.25, -0.2) is 8.42 Å². The summed E-state index contributed by atoms with van der Waals surface area (Å²) in [5.41, 5.74) is 6.61. The van der Waals surface area contributed by atoms with E-state index in [1.807, 2.05) is 0 Å². The normalized spacial score (nSPS) is 11.3. The van der Waals surface area contributed by atoms with E-state index in [0.717, 1.165) is 0 Å². The highest BCUT2D eigenvalue weighted by Gasteiger charge is 2.15. The van der Waals surface area contributed by atoms with Crippen LogP contribution in [0.15, 0.2) is 47.6 Å². The van der Waals surface area contributed by atoms with Crippen molar-refractivity contribution in [2.45, 2.75) is 11.4 Å². The Labute approximate surface area is 116 Å². The second-order valence-corrected chi connectivity index (χ2v) is 5.89. The van der Waals surface area contributed by atoms with E-state index < -0.39 is 10.0 Å². The fourth-order valence-corrected chi connectivity index (χ4v) is 2.90. The summed E-state index contributed by atoms with van der Waals surface area (Å²) in [5.74, 6) is 0. The number of nitrogens with one attached hydrogen (secondary N) is 1. The first-order valence-electron chi connectivity index (χ1n) is 5.44. The van der Waals surface area contributed by atoms with Gasteiger partial charge in [-0.3, -0.25) is 9.71 Å². The Morgan fingerprint density at radius 2 is 1.89 bits per heavy atom. The number of rotatable bonds is 4. The zero-order valence-electron chi connectivity index (χ0n) is 9.88. The first-order valence-corrected chi connectivity index (χ1v) is 7.30. The smallest absolute Gasteiger partial charge is 0.261 e. The molecule has 0 fully saturated rings. The Morgan fingerprint density at radius 3 is 2.47 bits per heavy atom. The average molecular weight is 298 g/mol. The average Bonchev–Trinajstić information content (AvgIpc) is 2.39. The van der Waals surface area contributed by atoms with Crippen molar-refractivity contribution in [2.24, 2.45) is 5.73 Å². The predicted octanol–water partition coefficient (Wildman–Crippen LogP) is 1.99. The van der Waals surface area contributed by atoms with Crippen molar-refractivity contribution in [2.75, 3.05) is 4.72 Å². The van der Waals surface area contributed by atoms with Gasteiger partial charge >= 0.3 is 0 Å². The maximum absolute atomic E-state index is 12.1. The van der Waals surface area contributed by atoms with Gasteiger partial charge in [0.1, 0.15) is 0 Å². The summed E-state index contributed by atoms with van der Waals surface area (Å²) < 4.78 is 26.7. The number of sulfonamides is 1. The van der Waals surface area contributed by atoms with E-state index in [-0.39, 0.29) is 11.4 Å². The highest BCUT2D eigenvalue weighted by Crippen LogP contribution is 2.22. The van der Waals surface area contributed by atoms with Gasteiger partial charge in [-0.15, -0.1) is 0 Å². The second kappa shape index (κ2) is 5.56. The topological polar surface area (TPSA) is 85.1 Å². The molecule has 0 bridgehead atoms. The third-order valence-electron chi connectivity index (χ3n) is 2.49. The van der Waals surface area contributed by atoms with Crippen LogP contribution >= 0.6 is 11.6 Å². The number of nitrogens with zero attached hydrogens (tertiary/aromatic N) is 1. The van der Waals surface area contributed by atoms with Crippen molar-refractivity contribution in [1.29, 1.82) is 0 Å². The molecule has 0 saturated carbocycles. The van der Waals surface area contributed by atoms with E-state index >= 15 is 0 Å². The van der Waals surface area contributed by atoms with Gasteiger partial charge in [-0.2, -0.15) is 0 Å². The summed E-state index contributed by atoms with van der Waals surface area (Å²) in [6, 6.07) is 7.58. The van der Waals surface area contributed by atoms with E-state index in [1.165, 1.54) is 24.5 Å². The van der Waals surface area contributed by atoms with Gasteiger partial charge in [0, 0.05) is 24.0 Å². The number of hydrogen-bond acceptors (Lipinski definition) is 4. The van der Waals surface area contributed by atoms with Gasteiger partial charge in [0.05, 0.1) is 10.6 Å². The summed E-state index contributed by atoms with van der Waals surface area (Å²) in [6.07, 6.45) is 3.00. The fraction of sp³-hybridized carbons (Fsp3) is 0.0833. The van der Waals surface area contributed by atoms with Gasteiger partial charge in [-0.1, -0.05) is 17.7 Å². The van der Waals surface area contributed by atoms with E-state index in [1.54, 1.807) is 18.2 Å². The molecule has 0 amide bonds. The fourth-order valence-electron chi connectivity index (χ4n) is 1.49. The number of nitrogens with two attached hydrogens (primary N) is 1. The maximum Gasteiger partial charge on any atom is 0.261 e. The molecule has 5 nitrogen and oxygen atoms in total. The summed E-state index contributed by atoms with van der Waals surface area (Å²) in [6.45, 7) is 0.261. The number of pyridine rings is 1. The number of halogens is 1. The minimum absolute atomic E-state index is 0.0894. The second-order valence-electron chi connectivity index (χ2n) is 3.80. The van der Waals surface area contributed by atoms with E-state index in [4.69, 9.17) is 17.3 Å². The van der Waals surface area contributed by atoms with Crippen molar-refractivity contribution >= 4 is 27.3 Å². The first kappa shape index (κ1) is 13.8. The lowest BCUT2D eigenvalue weighted by molar-refractivity contribution is 0.601. The first-order chi connectivity index (χ1) is 9.03. The van der Waals surface area contributed by atoms with E-state index in [2.05, 4.69) is 9.71 Å². The van der Waals surface area contributed by atoms with Crippen LogP contribution in [0.2, 0.25) is 5.02 Å². The van der Waals surface area contributed by atoms with Gasteiger partial charge in [-0.05, 0) is 29.8 Å². The van der Waals surface area contributed by atoms with Crippen molar-refractivity contribution < 1.29 is 8.42 Å². The Balaban J connectivity index is 2.32. The molecule has 1 heterocycles. The number of anilines is 1. The van der Waals surface area contributed by atoms with Crippen LogP contribution in [0.1, 0.15) is 5.56 Å². The molecule has 19 heavy (non-hydrogen) atoms. The van der Waals surface area contributed by atoms with E-state index in [0.29, 0.717) is 16.3 Å². The molecule has 2 rings (SSSR count). The van der Waals surface area contributed by atoms with Crippen molar-refractivity contribution in [3.8, 4) is 0 Å². The lowest BCUT2D eigenvalue weighted by Crippen LogP contribution is -2.13. The summed E-state index contributed by atoms with van der Waals surface area (Å²) in [5, 5.41) is 0.333. The van der Waals surface area contributed by atoms with Crippen molar-refractivity contribution in [1.82, 2.24) is 4.98 Å². The molecule has 0 radical (unpaired) electrons. The standard InChI is InChI=1S/C12H12ClN3O2S/c13-12-7-11(2-1-9(12)8-14)19(17,18)16-10-3-5-15-6-4-10/h1-7H,8,14H2,(H,15,16). The minimum Gasteiger partial charge on any atom is -0.326 e. The van der Waals surface area contributed by atoms with Gasteiger partial charge in [0.2, 0.25) is 0 Å². The summed E-state index contributed by atoms with van der Waals surface area (Å²) in [4.78, 5) is 3.90. The maximum atomic E-state index is 12.1. The molecule has 1 aromatic heterocycles. The van der Waals surface area contributed by atoms with Crippen LogP contribution in [0.4, 0.5) is 5.69 Å². The van der Waals surface area contributed by atoms with Gasteiger partial charge in [0.15, 0.2) is 0 Å². The van der Waals surface area contributed by atoms with Crippen LogP contribution in [0.3, 0.4) is 0 Å².